The topological polar surface area (TPSA) is 47.6 Å². The van der Waals surface area contributed by atoms with Crippen molar-refractivity contribution in [1.82, 2.24) is 5.32 Å². The molecule has 4 nitrogen and oxygen atoms in total. The molecule has 0 bridgehead atoms. The normalized spacial score (nSPS) is 21.2. The first-order chi connectivity index (χ1) is 6.31. The summed E-state index contributed by atoms with van der Waals surface area (Å²) in [5, 5.41) is 2.66. The fraction of sp³-hybridized carbons (Fsp3) is 0.444. The molecular formula is C9H13NO3. The van der Waals surface area contributed by atoms with Crippen LogP contribution in [0.5, 0.6) is 0 Å². The molecule has 0 saturated heterocycles. The van der Waals surface area contributed by atoms with Crippen molar-refractivity contribution in [3.63, 3.8) is 0 Å². The van der Waals surface area contributed by atoms with Crippen LogP contribution in [0, 0.1) is 0 Å². The zero-order valence-electron chi connectivity index (χ0n) is 7.74. The Morgan fingerprint density at radius 1 is 1.46 bits per heavy atom. The molecule has 1 atom stereocenters. The molecule has 0 aliphatic heterocycles. The number of rotatable bonds is 4. The van der Waals surface area contributed by atoms with Crippen molar-refractivity contribution >= 4 is 6.41 Å². The van der Waals surface area contributed by atoms with Gasteiger partial charge in [0.05, 0.1) is 20.3 Å². The standard InChI is InChI=1S/C9H13NO3/c1-12-8-4-3-7(10-6-11)5-9(8)13-2/h4-7H,3H2,1-2H3,(H,10,11). The first-order valence-corrected chi connectivity index (χ1v) is 4.01. The van der Waals surface area contributed by atoms with E-state index in [0.717, 1.165) is 6.42 Å². The molecule has 0 fully saturated rings. The van der Waals surface area contributed by atoms with Gasteiger partial charge in [0, 0.05) is 0 Å². The van der Waals surface area contributed by atoms with Gasteiger partial charge in [-0.3, -0.25) is 4.79 Å². The quantitative estimate of drug-likeness (QED) is 0.648. The van der Waals surface area contributed by atoms with E-state index in [9.17, 15) is 4.79 Å². The van der Waals surface area contributed by atoms with Crippen LogP contribution < -0.4 is 5.32 Å². The summed E-state index contributed by atoms with van der Waals surface area (Å²) < 4.78 is 10.2. The maximum Gasteiger partial charge on any atom is 0.207 e. The number of carbonyl (C=O) groups is 1. The van der Waals surface area contributed by atoms with Gasteiger partial charge in [-0.05, 0) is 18.6 Å². The Kier molecular flexibility index (Phi) is 3.37. The highest BCUT2D eigenvalue weighted by atomic mass is 16.5. The van der Waals surface area contributed by atoms with Crippen LogP contribution in [0.2, 0.25) is 0 Å². The molecule has 1 aliphatic rings. The van der Waals surface area contributed by atoms with Gasteiger partial charge in [-0.1, -0.05) is 0 Å². The molecule has 1 rings (SSSR count). The predicted molar refractivity (Wildman–Crippen MR) is 47.8 cm³/mol. The largest absolute Gasteiger partial charge is 0.493 e. The Morgan fingerprint density at radius 3 is 2.69 bits per heavy atom. The minimum Gasteiger partial charge on any atom is -0.493 e. The number of methoxy groups -OCH3 is 2. The molecule has 1 amide bonds. The zero-order chi connectivity index (χ0) is 9.68. The lowest BCUT2D eigenvalue weighted by Gasteiger charge is -2.19. The molecule has 0 aromatic carbocycles. The minimum atomic E-state index is 0.00588. The van der Waals surface area contributed by atoms with Crippen LogP contribution in [-0.4, -0.2) is 26.7 Å². The minimum absolute atomic E-state index is 0.00588. The predicted octanol–water partition coefficient (Wildman–Crippen LogP) is 0.565. The first-order valence-electron chi connectivity index (χ1n) is 4.01. The van der Waals surface area contributed by atoms with Crippen LogP contribution in [0.4, 0.5) is 0 Å². The molecule has 0 radical (unpaired) electrons. The second-order valence-electron chi connectivity index (χ2n) is 2.63. The summed E-state index contributed by atoms with van der Waals surface area (Å²) in [5.41, 5.74) is 0. The second kappa shape index (κ2) is 4.54. The highest BCUT2D eigenvalue weighted by molar-refractivity contribution is 5.48. The third-order valence-electron chi connectivity index (χ3n) is 1.87. The van der Waals surface area contributed by atoms with Gasteiger partial charge in [0.25, 0.3) is 0 Å². The maximum atomic E-state index is 10.2. The average molecular weight is 183 g/mol. The summed E-state index contributed by atoms with van der Waals surface area (Å²) in [6.45, 7) is 0. The number of ether oxygens (including phenoxy) is 2. The van der Waals surface area contributed by atoms with Gasteiger partial charge < -0.3 is 14.8 Å². The van der Waals surface area contributed by atoms with Gasteiger partial charge in [-0.2, -0.15) is 0 Å². The summed E-state index contributed by atoms with van der Waals surface area (Å²) in [4.78, 5) is 10.2. The van der Waals surface area contributed by atoms with Crippen LogP contribution >= 0.6 is 0 Å². The molecule has 4 heteroatoms. The maximum absolute atomic E-state index is 10.2. The van der Waals surface area contributed by atoms with E-state index in [4.69, 9.17) is 9.47 Å². The monoisotopic (exact) mass is 183 g/mol. The fourth-order valence-electron chi connectivity index (χ4n) is 1.22. The van der Waals surface area contributed by atoms with Crippen LogP contribution in [0.25, 0.3) is 0 Å². The van der Waals surface area contributed by atoms with Crippen molar-refractivity contribution in [3.05, 3.63) is 23.7 Å². The Morgan fingerprint density at radius 2 is 2.15 bits per heavy atom. The molecular weight excluding hydrogens is 170 g/mol. The number of amides is 1. The van der Waals surface area contributed by atoms with E-state index in [-0.39, 0.29) is 6.04 Å². The smallest absolute Gasteiger partial charge is 0.207 e. The Labute approximate surface area is 77.2 Å². The lowest BCUT2D eigenvalue weighted by atomic mass is 10.1. The zero-order valence-corrected chi connectivity index (χ0v) is 7.74. The summed E-state index contributed by atoms with van der Waals surface area (Å²) in [7, 11) is 3.16. The summed E-state index contributed by atoms with van der Waals surface area (Å²) >= 11 is 0. The molecule has 0 aromatic heterocycles. The molecule has 1 aliphatic carbocycles. The van der Waals surface area contributed by atoms with Crippen molar-refractivity contribution in [1.29, 1.82) is 0 Å². The lowest BCUT2D eigenvalue weighted by Crippen LogP contribution is -2.27. The highest BCUT2D eigenvalue weighted by Crippen LogP contribution is 2.19. The number of carbonyl (C=O) groups excluding carboxylic acids is 1. The molecule has 0 aromatic rings. The van der Waals surface area contributed by atoms with Crippen LogP contribution in [0.15, 0.2) is 23.7 Å². The van der Waals surface area contributed by atoms with Crippen LogP contribution in [-0.2, 0) is 14.3 Å². The van der Waals surface area contributed by atoms with E-state index in [2.05, 4.69) is 5.32 Å². The van der Waals surface area contributed by atoms with Crippen molar-refractivity contribution in [2.24, 2.45) is 0 Å². The van der Waals surface area contributed by atoms with Gasteiger partial charge in [-0.15, -0.1) is 0 Å². The third-order valence-corrected chi connectivity index (χ3v) is 1.87. The SMILES string of the molecule is COC1=CCC(NC=O)C=C1OC. The van der Waals surface area contributed by atoms with E-state index in [1.54, 1.807) is 14.2 Å². The first kappa shape index (κ1) is 9.64. The van der Waals surface area contributed by atoms with Gasteiger partial charge in [0.15, 0.2) is 11.5 Å². The molecule has 72 valence electrons. The van der Waals surface area contributed by atoms with E-state index < -0.39 is 0 Å². The molecule has 0 heterocycles. The van der Waals surface area contributed by atoms with Crippen molar-refractivity contribution in [3.8, 4) is 0 Å². The van der Waals surface area contributed by atoms with Crippen LogP contribution in [0.3, 0.4) is 0 Å². The van der Waals surface area contributed by atoms with Gasteiger partial charge in [-0.25, -0.2) is 0 Å². The van der Waals surface area contributed by atoms with E-state index in [0.29, 0.717) is 17.9 Å². The summed E-state index contributed by atoms with van der Waals surface area (Å²) in [6, 6.07) is 0.00588. The van der Waals surface area contributed by atoms with Crippen LogP contribution in [0.1, 0.15) is 6.42 Å². The second-order valence-corrected chi connectivity index (χ2v) is 2.63. The van der Waals surface area contributed by atoms with E-state index >= 15 is 0 Å². The van der Waals surface area contributed by atoms with Gasteiger partial charge in [0.2, 0.25) is 6.41 Å². The molecule has 0 spiro atoms. The summed E-state index contributed by atoms with van der Waals surface area (Å²) in [6.07, 6.45) is 5.13. The summed E-state index contributed by atoms with van der Waals surface area (Å²) in [5.74, 6) is 1.37. The fourth-order valence-corrected chi connectivity index (χ4v) is 1.22. The number of nitrogens with one attached hydrogen (secondary N) is 1. The Hall–Kier alpha value is -1.45. The van der Waals surface area contributed by atoms with Gasteiger partial charge in [0.1, 0.15) is 0 Å². The van der Waals surface area contributed by atoms with Crippen molar-refractivity contribution in [2.45, 2.75) is 12.5 Å². The Bertz CT molecular complexity index is 245. The Balaban J connectivity index is 2.69. The molecule has 1 N–H and O–H groups in total. The lowest BCUT2D eigenvalue weighted by molar-refractivity contribution is -0.109. The van der Waals surface area contributed by atoms with Crippen molar-refractivity contribution in [2.75, 3.05) is 14.2 Å². The van der Waals surface area contributed by atoms with E-state index in [1.165, 1.54) is 0 Å². The molecule has 0 saturated carbocycles. The number of hydrogen-bond donors (Lipinski definition) is 1. The van der Waals surface area contributed by atoms with E-state index in [1.807, 2.05) is 12.2 Å². The average Bonchev–Trinajstić information content (AvgIpc) is 2.18. The number of hydrogen-bond acceptors (Lipinski definition) is 3. The van der Waals surface area contributed by atoms with Gasteiger partial charge >= 0.3 is 0 Å². The highest BCUT2D eigenvalue weighted by Gasteiger charge is 2.15. The van der Waals surface area contributed by atoms with Crippen molar-refractivity contribution < 1.29 is 14.3 Å². The molecule has 1 unspecified atom stereocenters. The third kappa shape index (κ3) is 2.24. The molecule has 13 heavy (non-hydrogen) atoms.